The molecular formula is C32H42N2O4. The van der Waals surface area contributed by atoms with E-state index in [2.05, 4.69) is 17.4 Å². The predicted octanol–water partition coefficient (Wildman–Crippen LogP) is 5.26. The summed E-state index contributed by atoms with van der Waals surface area (Å²) in [5.74, 6) is 0.725. The molecule has 204 valence electrons. The summed E-state index contributed by atoms with van der Waals surface area (Å²) in [6.45, 7) is 6.52. The number of fused-ring (bicyclic) bond motifs is 4. The van der Waals surface area contributed by atoms with E-state index < -0.39 is 5.92 Å². The normalized spacial score (nSPS) is 24.0. The van der Waals surface area contributed by atoms with E-state index in [4.69, 9.17) is 4.74 Å². The monoisotopic (exact) mass is 518 g/mol. The van der Waals surface area contributed by atoms with Crippen LogP contribution in [0.15, 0.2) is 48.5 Å². The first-order valence-corrected chi connectivity index (χ1v) is 14.2. The van der Waals surface area contributed by atoms with Gasteiger partial charge in [-0.25, -0.2) is 0 Å². The van der Waals surface area contributed by atoms with Crippen molar-refractivity contribution in [3.63, 3.8) is 0 Å². The maximum atomic E-state index is 13.3. The van der Waals surface area contributed by atoms with E-state index in [0.29, 0.717) is 38.3 Å². The lowest BCUT2D eigenvalue weighted by atomic mass is 9.90. The number of amides is 2. The van der Waals surface area contributed by atoms with Crippen molar-refractivity contribution >= 4 is 17.6 Å². The zero-order chi connectivity index (χ0) is 26.9. The zero-order valence-electron chi connectivity index (χ0n) is 22.9. The summed E-state index contributed by atoms with van der Waals surface area (Å²) >= 11 is 0. The summed E-state index contributed by atoms with van der Waals surface area (Å²) in [4.78, 5) is 41.5. The molecule has 2 aliphatic heterocycles. The Labute approximate surface area is 227 Å². The van der Waals surface area contributed by atoms with Crippen molar-refractivity contribution in [3.05, 3.63) is 65.2 Å². The van der Waals surface area contributed by atoms with Gasteiger partial charge in [-0.2, -0.15) is 0 Å². The quantitative estimate of drug-likeness (QED) is 0.602. The second kappa shape index (κ2) is 13.6. The molecule has 2 aromatic carbocycles. The van der Waals surface area contributed by atoms with Crippen molar-refractivity contribution in [2.45, 2.75) is 71.8 Å². The zero-order valence-corrected chi connectivity index (χ0v) is 22.9. The molecule has 1 saturated heterocycles. The van der Waals surface area contributed by atoms with Crippen LogP contribution < -0.4 is 10.1 Å². The first-order valence-electron chi connectivity index (χ1n) is 14.2. The molecule has 2 aromatic rings. The number of hydrogen-bond acceptors (Lipinski definition) is 4. The Morgan fingerprint density at radius 3 is 2.66 bits per heavy atom. The molecule has 0 spiro atoms. The van der Waals surface area contributed by atoms with E-state index in [-0.39, 0.29) is 29.9 Å². The molecule has 2 amide bonds. The van der Waals surface area contributed by atoms with Gasteiger partial charge in [-0.15, -0.1) is 0 Å². The van der Waals surface area contributed by atoms with Gasteiger partial charge in [-0.05, 0) is 80.2 Å². The van der Waals surface area contributed by atoms with Gasteiger partial charge < -0.3 is 15.0 Å². The van der Waals surface area contributed by atoms with Crippen molar-refractivity contribution in [2.75, 3.05) is 19.7 Å². The summed E-state index contributed by atoms with van der Waals surface area (Å²) in [5, 5.41) is 3.09. The van der Waals surface area contributed by atoms with Gasteiger partial charge in [0.1, 0.15) is 11.5 Å². The number of nitrogens with one attached hydrogen (secondary N) is 1. The van der Waals surface area contributed by atoms with Crippen molar-refractivity contribution in [1.29, 1.82) is 0 Å². The molecule has 0 aliphatic carbocycles. The number of Topliss-reactive ketones (excluding diaryl/α,β-unsaturated/α-hetero) is 1. The smallest absolute Gasteiger partial charge is 0.225 e. The molecule has 6 heteroatoms. The third-order valence-corrected chi connectivity index (χ3v) is 8.15. The Morgan fingerprint density at radius 1 is 1.03 bits per heavy atom. The highest BCUT2D eigenvalue weighted by molar-refractivity contribution is 5.87. The molecule has 1 N–H and O–H groups in total. The topological polar surface area (TPSA) is 75.7 Å². The lowest BCUT2D eigenvalue weighted by Gasteiger charge is -2.34. The number of hydrogen-bond donors (Lipinski definition) is 1. The number of benzene rings is 2. The molecule has 2 heterocycles. The fourth-order valence-electron chi connectivity index (χ4n) is 5.60. The Balaban J connectivity index is 1.50. The van der Waals surface area contributed by atoms with Crippen LogP contribution >= 0.6 is 0 Å². The van der Waals surface area contributed by atoms with E-state index in [1.165, 1.54) is 0 Å². The first kappa shape index (κ1) is 27.9. The van der Waals surface area contributed by atoms with Crippen molar-refractivity contribution < 1.29 is 19.1 Å². The van der Waals surface area contributed by atoms with Gasteiger partial charge in [-0.1, -0.05) is 43.3 Å². The first-order chi connectivity index (χ1) is 18.4. The number of ketones is 1. The van der Waals surface area contributed by atoms with Gasteiger partial charge in [0.2, 0.25) is 11.8 Å². The van der Waals surface area contributed by atoms with Crippen LogP contribution in [0.2, 0.25) is 0 Å². The molecule has 4 rings (SSSR count). The average molecular weight is 519 g/mol. The molecule has 0 radical (unpaired) electrons. The van der Waals surface area contributed by atoms with E-state index in [1.807, 2.05) is 55.1 Å². The highest BCUT2D eigenvalue weighted by Gasteiger charge is 2.28. The van der Waals surface area contributed by atoms with Crippen LogP contribution in [0.25, 0.3) is 0 Å². The highest BCUT2D eigenvalue weighted by atomic mass is 16.5. The van der Waals surface area contributed by atoms with Gasteiger partial charge in [0, 0.05) is 44.3 Å². The van der Waals surface area contributed by atoms with Gasteiger partial charge in [0.25, 0.3) is 0 Å². The minimum atomic E-state index is -0.404. The second-order valence-electron chi connectivity index (χ2n) is 11.1. The lowest BCUT2D eigenvalue weighted by Crippen LogP contribution is -2.42. The lowest BCUT2D eigenvalue weighted by molar-refractivity contribution is -0.137. The molecule has 0 saturated carbocycles. The number of carbonyl (C=O) groups is 3. The molecule has 1 fully saturated rings. The third-order valence-electron chi connectivity index (χ3n) is 8.15. The molecule has 4 bridgehead atoms. The predicted molar refractivity (Wildman–Crippen MR) is 149 cm³/mol. The summed E-state index contributed by atoms with van der Waals surface area (Å²) in [5.41, 5.74) is 3.27. The fourth-order valence-corrected chi connectivity index (χ4v) is 5.60. The maximum absolute atomic E-state index is 13.3. The Kier molecular flexibility index (Phi) is 9.97. The van der Waals surface area contributed by atoms with Gasteiger partial charge in [-0.3, -0.25) is 14.4 Å². The SMILES string of the molecule is Cc1ccc2cc1CNC(=O)[C@H](CCc1ccccc1)CC(=O)CCC(C)C(=O)N1CCCC(CCO2)C1. The molecule has 2 unspecified atom stereocenters. The largest absolute Gasteiger partial charge is 0.494 e. The summed E-state index contributed by atoms with van der Waals surface area (Å²) < 4.78 is 6.10. The minimum absolute atomic E-state index is 0.0545. The number of rotatable bonds is 3. The minimum Gasteiger partial charge on any atom is -0.494 e. The Bertz CT molecular complexity index is 1100. The van der Waals surface area contributed by atoms with Crippen LogP contribution in [0.4, 0.5) is 0 Å². The second-order valence-corrected chi connectivity index (χ2v) is 11.1. The molecule has 0 aromatic heterocycles. The standard InChI is InChI=1S/C32H42N2O4/c1-23-11-15-30-20-28(23)21-33-31(36)27(13-12-25-7-4-3-5-8-25)19-29(35)14-10-24(2)32(37)34-17-6-9-26(22-34)16-18-38-30/h3-5,7-8,11,15,20,24,26-27H,6,9-10,12-14,16-19,21-22H2,1-2H3,(H,33,36)/t24?,26?,27-/m1/s1. The summed E-state index contributed by atoms with van der Waals surface area (Å²) in [6.07, 6.45) is 5.41. The number of ether oxygens (including phenoxy) is 1. The van der Waals surface area contributed by atoms with Crippen LogP contribution in [0.3, 0.4) is 0 Å². The van der Waals surface area contributed by atoms with Crippen molar-refractivity contribution in [2.24, 2.45) is 17.8 Å². The maximum Gasteiger partial charge on any atom is 0.225 e. The average Bonchev–Trinajstić information content (AvgIpc) is 2.93. The number of nitrogens with zero attached hydrogens (tertiary/aromatic N) is 1. The number of piperidine rings is 1. The van der Waals surface area contributed by atoms with E-state index in [1.54, 1.807) is 0 Å². The van der Waals surface area contributed by atoms with Crippen LogP contribution in [-0.4, -0.2) is 42.2 Å². The Hall–Kier alpha value is -3.15. The van der Waals surface area contributed by atoms with Gasteiger partial charge in [0.15, 0.2) is 0 Å². The molecule has 6 nitrogen and oxygen atoms in total. The Morgan fingerprint density at radius 2 is 1.84 bits per heavy atom. The number of aryl methyl sites for hydroxylation is 2. The van der Waals surface area contributed by atoms with Crippen molar-refractivity contribution in [3.8, 4) is 5.75 Å². The van der Waals surface area contributed by atoms with Crippen LogP contribution in [0, 0.1) is 24.7 Å². The molecule has 2 aliphatic rings. The molecule has 3 atom stereocenters. The van der Waals surface area contributed by atoms with E-state index >= 15 is 0 Å². The molecular weight excluding hydrogens is 476 g/mol. The highest BCUT2D eigenvalue weighted by Crippen LogP contribution is 2.25. The fraction of sp³-hybridized carbons (Fsp3) is 0.531. The van der Waals surface area contributed by atoms with Crippen LogP contribution in [0.5, 0.6) is 5.75 Å². The molecule has 38 heavy (non-hydrogen) atoms. The van der Waals surface area contributed by atoms with Crippen molar-refractivity contribution in [1.82, 2.24) is 10.2 Å². The van der Waals surface area contributed by atoms with E-state index in [9.17, 15) is 14.4 Å². The third kappa shape index (κ3) is 7.92. The van der Waals surface area contributed by atoms with Crippen LogP contribution in [0.1, 0.15) is 68.6 Å². The summed E-state index contributed by atoms with van der Waals surface area (Å²) in [7, 11) is 0. The number of carbonyl (C=O) groups excluding carboxylic acids is 3. The van der Waals surface area contributed by atoms with Gasteiger partial charge >= 0.3 is 0 Å². The van der Waals surface area contributed by atoms with E-state index in [0.717, 1.165) is 61.2 Å². The van der Waals surface area contributed by atoms with Crippen LogP contribution in [-0.2, 0) is 27.3 Å². The van der Waals surface area contributed by atoms with Gasteiger partial charge in [0.05, 0.1) is 6.61 Å². The summed E-state index contributed by atoms with van der Waals surface area (Å²) in [6, 6.07) is 16.1.